The first-order valence-corrected chi connectivity index (χ1v) is 6.30. The lowest BCUT2D eigenvalue weighted by atomic mass is 9.98. The zero-order valence-electron chi connectivity index (χ0n) is 11.8. The summed E-state index contributed by atoms with van der Waals surface area (Å²) in [6.07, 6.45) is -11.3. The highest BCUT2D eigenvalue weighted by atomic mass is 19.4. The number of anilines is 2. The molecule has 136 valence electrons. The van der Waals surface area contributed by atoms with Gasteiger partial charge in [-0.05, 0) is 18.2 Å². The van der Waals surface area contributed by atoms with Crippen LogP contribution in [0.3, 0.4) is 0 Å². The largest absolute Gasteiger partial charge is 0.478 e. The third kappa shape index (κ3) is 3.24. The topological polar surface area (TPSA) is 98.7 Å². The molecule has 1 aromatic carbocycles. The lowest BCUT2D eigenvalue weighted by molar-refractivity contribution is -0.235. The van der Waals surface area contributed by atoms with Gasteiger partial charge in [-0.25, -0.2) is 4.79 Å². The normalized spacial score (nSPS) is 20.5. The fourth-order valence-corrected chi connectivity index (χ4v) is 2.03. The van der Waals surface area contributed by atoms with Gasteiger partial charge in [0.15, 0.2) is 0 Å². The van der Waals surface area contributed by atoms with E-state index in [2.05, 4.69) is 0 Å². The monoisotopic (exact) mass is 370 g/mol. The summed E-state index contributed by atoms with van der Waals surface area (Å²) in [6, 6.07) is 2.59. The summed E-state index contributed by atoms with van der Waals surface area (Å²) in [6.45, 7) is 0. The van der Waals surface area contributed by atoms with Gasteiger partial charge in [0.25, 0.3) is 11.5 Å². The van der Waals surface area contributed by atoms with Crippen molar-refractivity contribution in [2.24, 2.45) is 0 Å². The summed E-state index contributed by atoms with van der Waals surface area (Å²) >= 11 is 0. The Morgan fingerprint density at radius 1 is 1.04 bits per heavy atom. The van der Waals surface area contributed by atoms with Gasteiger partial charge in [-0.1, -0.05) is 0 Å². The fraction of sp³-hybridized carbons (Fsp3) is 0.231. The number of carboxylic acids is 1. The van der Waals surface area contributed by atoms with Gasteiger partial charge < -0.3 is 20.8 Å². The highest BCUT2D eigenvalue weighted by molar-refractivity contribution is 6.03. The maximum absolute atomic E-state index is 13.2. The molecule has 0 fully saturated rings. The fourth-order valence-electron chi connectivity index (χ4n) is 2.03. The number of aliphatic hydroxyl groups is 1. The van der Waals surface area contributed by atoms with Gasteiger partial charge in [0.05, 0.1) is 22.5 Å². The summed E-state index contributed by atoms with van der Waals surface area (Å²) in [4.78, 5) is 22.2. The Morgan fingerprint density at radius 3 is 2.12 bits per heavy atom. The second-order valence-electron chi connectivity index (χ2n) is 4.93. The highest BCUT2D eigenvalue weighted by Gasteiger charge is 2.62. The van der Waals surface area contributed by atoms with Gasteiger partial charge in [-0.2, -0.15) is 26.3 Å². The van der Waals surface area contributed by atoms with Crippen LogP contribution in [0.2, 0.25) is 0 Å². The quantitative estimate of drug-likeness (QED) is 0.597. The van der Waals surface area contributed by atoms with E-state index >= 15 is 0 Å². The van der Waals surface area contributed by atoms with Crippen molar-refractivity contribution in [3.05, 3.63) is 35.5 Å². The molecule has 1 aliphatic rings. The van der Waals surface area contributed by atoms with E-state index < -0.39 is 46.7 Å². The van der Waals surface area contributed by atoms with E-state index in [1.54, 1.807) is 0 Å². The second-order valence-corrected chi connectivity index (χ2v) is 4.93. The number of halogens is 6. The molecule has 0 radical (unpaired) electrons. The minimum Gasteiger partial charge on any atom is -0.478 e. The minimum absolute atomic E-state index is 0.0720. The second kappa shape index (κ2) is 5.65. The van der Waals surface area contributed by atoms with Crippen LogP contribution in [-0.2, 0) is 4.79 Å². The average molecular weight is 370 g/mol. The molecule has 2 rings (SSSR count). The van der Waals surface area contributed by atoms with Crippen molar-refractivity contribution < 1.29 is 46.1 Å². The molecule has 0 spiro atoms. The summed E-state index contributed by atoms with van der Waals surface area (Å²) in [5.41, 5.74) is -7.88. The molecule has 12 heteroatoms. The number of fused-ring (bicyclic) bond motifs is 1. The molecular formula is C13H8F6N2O4. The van der Waals surface area contributed by atoms with Gasteiger partial charge in [0.2, 0.25) is 0 Å². The van der Waals surface area contributed by atoms with E-state index in [9.17, 15) is 41.0 Å². The summed E-state index contributed by atoms with van der Waals surface area (Å²) < 4.78 is 77.5. The number of carboxylic acid groups (broad SMARTS) is 1. The molecule has 6 nitrogen and oxygen atoms in total. The van der Waals surface area contributed by atoms with E-state index in [-0.39, 0.29) is 11.9 Å². The third-order valence-electron chi connectivity index (χ3n) is 3.26. The Bertz CT molecular complexity index is 771. The lowest BCUT2D eigenvalue weighted by Crippen LogP contribution is -2.56. The van der Waals surface area contributed by atoms with E-state index in [1.807, 2.05) is 5.32 Å². The number of benzene rings is 1. The van der Waals surface area contributed by atoms with Gasteiger partial charge in [-0.3, -0.25) is 4.79 Å². The van der Waals surface area contributed by atoms with Gasteiger partial charge in [0.1, 0.15) is 0 Å². The van der Waals surface area contributed by atoms with Crippen LogP contribution >= 0.6 is 0 Å². The SMILES string of the molecule is O=C(O)c1ccc2c(c1)NC(O)(C(F)(F)F)C(C(=O)C(F)(F)F)=CN2. The van der Waals surface area contributed by atoms with Crippen molar-refractivity contribution in [1.82, 2.24) is 0 Å². The van der Waals surface area contributed by atoms with E-state index in [4.69, 9.17) is 5.11 Å². The number of alkyl halides is 6. The molecular weight excluding hydrogens is 362 g/mol. The standard InChI is InChI=1S/C13H8F6N2O4/c14-12(15,16)9(22)6-4-20-7-2-1-5(10(23)24)3-8(7)21-11(6,25)13(17,18)19/h1-4,20-21,25H,(H,23,24). The van der Waals surface area contributed by atoms with Crippen LogP contribution in [0, 0.1) is 0 Å². The number of Topliss-reactive ketones (excluding diaryl/α,β-unsaturated/α-hetero) is 1. The first kappa shape index (κ1) is 18.6. The van der Waals surface area contributed by atoms with Crippen LogP contribution in [-0.4, -0.2) is 40.0 Å². The average Bonchev–Trinajstić information content (AvgIpc) is 2.60. The molecule has 0 amide bonds. The number of aromatic carboxylic acids is 1. The zero-order valence-corrected chi connectivity index (χ0v) is 11.8. The van der Waals surface area contributed by atoms with Gasteiger partial charge in [0, 0.05) is 6.20 Å². The van der Waals surface area contributed by atoms with E-state index in [1.165, 1.54) is 5.32 Å². The van der Waals surface area contributed by atoms with Crippen molar-refractivity contribution in [1.29, 1.82) is 0 Å². The molecule has 1 unspecified atom stereocenters. The number of hydrogen-bond acceptors (Lipinski definition) is 5. The molecule has 1 atom stereocenters. The van der Waals surface area contributed by atoms with E-state index in [0.29, 0.717) is 6.07 Å². The Morgan fingerprint density at radius 2 is 1.64 bits per heavy atom. The molecule has 0 saturated heterocycles. The lowest BCUT2D eigenvalue weighted by Gasteiger charge is -2.32. The number of hydrogen-bond donors (Lipinski definition) is 4. The first-order valence-electron chi connectivity index (χ1n) is 6.30. The summed E-state index contributed by atoms with van der Waals surface area (Å²) in [7, 11) is 0. The highest BCUT2D eigenvalue weighted by Crippen LogP contribution is 2.43. The number of ketones is 1. The molecule has 4 N–H and O–H groups in total. The van der Waals surface area contributed by atoms with Crippen LogP contribution in [0.15, 0.2) is 30.0 Å². The van der Waals surface area contributed by atoms with Crippen LogP contribution in [0.5, 0.6) is 0 Å². The molecule has 0 aromatic heterocycles. The summed E-state index contributed by atoms with van der Waals surface area (Å²) in [5.74, 6) is -4.44. The Kier molecular flexibility index (Phi) is 4.20. The maximum Gasteiger partial charge on any atom is 0.454 e. The predicted octanol–water partition coefficient (Wildman–Crippen LogP) is 2.49. The Labute approximate surface area is 134 Å². The van der Waals surface area contributed by atoms with Gasteiger partial charge in [-0.15, -0.1) is 0 Å². The van der Waals surface area contributed by atoms with Gasteiger partial charge >= 0.3 is 18.3 Å². The van der Waals surface area contributed by atoms with E-state index in [0.717, 1.165) is 12.1 Å². The van der Waals surface area contributed by atoms with Crippen molar-refractivity contribution >= 4 is 23.1 Å². The predicted molar refractivity (Wildman–Crippen MR) is 70.8 cm³/mol. The number of carbonyl (C=O) groups is 2. The Hall–Kier alpha value is -2.76. The number of rotatable bonds is 2. The molecule has 0 bridgehead atoms. The molecule has 1 heterocycles. The smallest absolute Gasteiger partial charge is 0.454 e. The minimum atomic E-state index is -5.73. The Balaban J connectivity index is 2.64. The van der Waals surface area contributed by atoms with Crippen LogP contribution in [0.25, 0.3) is 0 Å². The van der Waals surface area contributed by atoms with Crippen molar-refractivity contribution in [2.75, 3.05) is 10.6 Å². The zero-order chi connectivity index (χ0) is 19.2. The number of nitrogens with one attached hydrogen (secondary N) is 2. The number of carbonyl (C=O) groups excluding carboxylic acids is 1. The van der Waals surface area contributed by atoms with Crippen LogP contribution < -0.4 is 10.6 Å². The van der Waals surface area contributed by atoms with Crippen molar-refractivity contribution in [3.63, 3.8) is 0 Å². The third-order valence-corrected chi connectivity index (χ3v) is 3.26. The molecule has 1 aromatic rings. The molecule has 0 saturated carbocycles. The van der Waals surface area contributed by atoms with Crippen LogP contribution in [0.1, 0.15) is 10.4 Å². The summed E-state index contributed by atoms with van der Waals surface area (Å²) in [5, 5.41) is 22.1. The maximum atomic E-state index is 13.2. The van der Waals surface area contributed by atoms with Crippen LogP contribution in [0.4, 0.5) is 37.7 Å². The first-order chi connectivity index (χ1) is 11.3. The molecule has 1 aliphatic heterocycles. The van der Waals surface area contributed by atoms with Crippen molar-refractivity contribution in [3.8, 4) is 0 Å². The van der Waals surface area contributed by atoms with Crippen molar-refractivity contribution in [2.45, 2.75) is 18.1 Å². The molecule has 25 heavy (non-hydrogen) atoms. The molecule has 0 aliphatic carbocycles.